The molecule has 7 heteroatoms. The average Bonchev–Trinajstić information content (AvgIpc) is 3.36. The number of hydrazone groups is 1. The molecule has 6 nitrogen and oxygen atoms in total. The Morgan fingerprint density at radius 2 is 1.89 bits per heavy atom. The fourth-order valence-electron chi connectivity index (χ4n) is 4.34. The SMILES string of the molecule is CC[C@@H](C)Oc1c(I)cc(C=NN2C(=O)[C@@H]3[C@H](C2=O)[C@H]2C=C[C@H]3C2)cc1OC. The number of methoxy groups -OCH3 is 1. The number of hydrogen-bond donors (Lipinski definition) is 0. The molecule has 28 heavy (non-hydrogen) atoms. The molecule has 0 aromatic heterocycles. The molecule has 0 N–H and O–H groups in total. The molecule has 2 bridgehead atoms. The van der Waals surface area contributed by atoms with E-state index in [1.165, 1.54) is 0 Å². The summed E-state index contributed by atoms with van der Waals surface area (Å²) in [7, 11) is 1.59. The van der Waals surface area contributed by atoms with Crippen LogP contribution in [0.3, 0.4) is 0 Å². The van der Waals surface area contributed by atoms with Crippen LogP contribution in [0.25, 0.3) is 0 Å². The van der Waals surface area contributed by atoms with Crippen molar-refractivity contribution in [2.45, 2.75) is 32.8 Å². The highest BCUT2D eigenvalue weighted by atomic mass is 127. The maximum absolute atomic E-state index is 12.7. The van der Waals surface area contributed by atoms with E-state index in [2.05, 4.69) is 46.8 Å². The van der Waals surface area contributed by atoms with Gasteiger partial charge in [-0.3, -0.25) is 9.59 Å². The van der Waals surface area contributed by atoms with Crippen LogP contribution in [0.15, 0.2) is 29.4 Å². The predicted molar refractivity (Wildman–Crippen MR) is 113 cm³/mol. The smallest absolute Gasteiger partial charge is 0.254 e. The summed E-state index contributed by atoms with van der Waals surface area (Å²) in [5.74, 6) is 0.838. The van der Waals surface area contributed by atoms with Crippen LogP contribution in [0.5, 0.6) is 11.5 Å². The highest BCUT2D eigenvalue weighted by molar-refractivity contribution is 14.1. The van der Waals surface area contributed by atoms with Crippen LogP contribution in [0.1, 0.15) is 32.3 Å². The van der Waals surface area contributed by atoms with Crippen LogP contribution in [-0.2, 0) is 9.59 Å². The molecule has 2 fully saturated rings. The van der Waals surface area contributed by atoms with E-state index in [4.69, 9.17) is 9.47 Å². The van der Waals surface area contributed by atoms with E-state index in [9.17, 15) is 9.59 Å². The molecule has 2 aliphatic carbocycles. The molecule has 1 heterocycles. The van der Waals surface area contributed by atoms with Crippen molar-refractivity contribution < 1.29 is 19.1 Å². The zero-order valence-electron chi connectivity index (χ0n) is 16.1. The molecule has 1 saturated carbocycles. The minimum atomic E-state index is -0.236. The number of ether oxygens (including phenoxy) is 2. The summed E-state index contributed by atoms with van der Waals surface area (Å²) in [6.45, 7) is 4.07. The summed E-state index contributed by atoms with van der Waals surface area (Å²) in [5.41, 5.74) is 0.747. The zero-order chi connectivity index (χ0) is 20.0. The summed E-state index contributed by atoms with van der Waals surface area (Å²) in [4.78, 5) is 25.4. The van der Waals surface area contributed by atoms with Crippen LogP contribution in [0.2, 0.25) is 0 Å². The Balaban J connectivity index is 1.56. The van der Waals surface area contributed by atoms with Gasteiger partial charge in [0.05, 0.1) is 34.8 Å². The fraction of sp³-hybridized carbons (Fsp3) is 0.476. The van der Waals surface area contributed by atoms with Crippen LogP contribution in [0.4, 0.5) is 0 Å². The quantitative estimate of drug-likeness (QED) is 0.262. The summed E-state index contributed by atoms with van der Waals surface area (Å²) in [6, 6.07) is 3.71. The Labute approximate surface area is 178 Å². The molecule has 1 aromatic carbocycles. The van der Waals surface area contributed by atoms with Gasteiger partial charge in [-0.05, 0) is 71.9 Å². The van der Waals surface area contributed by atoms with Crippen LogP contribution >= 0.6 is 22.6 Å². The van der Waals surface area contributed by atoms with Crippen molar-refractivity contribution in [1.29, 1.82) is 0 Å². The normalized spacial score (nSPS) is 29.1. The lowest BCUT2D eigenvalue weighted by molar-refractivity contribution is -0.140. The van der Waals surface area contributed by atoms with Gasteiger partial charge >= 0.3 is 0 Å². The van der Waals surface area contributed by atoms with Crippen molar-refractivity contribution in [2.24, 2.45) is 28.8 Å². The number of carbonyl (C=O) groups excluding carboxylic acids is 2. The lowest BCUT2D eigenvalue weighted by atomic mass is 9.85. The summed E-state index contributed by atoms with van der Waals surface area (Å²) in [6.07, 6.45) is 7.58. The molecule has 1 saturated heterocycles. The molecular weight excluding hydrogens is 471 g/mol. The number of allylic oxidation sites excluding steroid dienone is 2. The molecule has 1 aromatic rings. The van der Waals surface area contributed by atoms with Gasteiger partial charge in [-0.25, -0.2) is 0 Å². The number of nitrogens with zero attached hydrogens (tertiary/aromatic N) is 2. The van der Waals surface area contributed by atoms with Gasteiger partial charge in [0.25, 0.3) is 11.8 Å². The molecule has 148 valence electrons. The molecule has 0 spiro atoms. The third-order valence-corrected chi connectivity index (χ3v) is 6.72. The van der Waals surface area contributed by atoms with Crippen molar-refractivity contribution in [1.82, 2.24) is 5.01 Å². The number of imide groups is 1. The first-order chi connectivity index (χ1) is 13.4. The van der Waals surface area contributed by atoms with Crippen LogP contribution in [0, 0.1) is 27.2 Å². The molecular formula is C21H23IN2O4. The van der Waals surface area contributed by atoms with Crippen molar-refractivity contribution >= 4 is 40.6 Å². The number of fused-ring (bicyclic) bond motifs is 5. The maximum atomic E-state index is 12.7. The van der Waals surface area contributed by atoms with Gasteiger partial charge in [-0.15, -0.1) is 0 Å². The maximum Gasteiger partial charge on any atom is 0.254 e. The number of hydrogen-bond acceptors (Lipinski definition) is 5. The van der Waals surface area contributed by atoms with E-state index in [1.807, 2.05) is 13.0 Å². The van der Waals surface area contributed by atoms with E-state index < -0.39 is 0 Å². The van der Waals surface area contributed by atoms with E-state index in [0.717, 1.165) is 27.0 Å². The first-order valence-electron chi connectivity index (χ1n) is 9.58. The molecule has 4 rings (SSSR count). The minimum Gasteiger partial charge on any atom is -0.493 e. The number of carbonyl (C=O) groups is 2. The van der Waals surface area contributed by atoms with Gasteiger partial charge in [0.1, 0.15) is 0 Å². The first-order valence-corrected chi connectivity index (χ1v) is 10.7. The third kappa shape index (κ3) is 3.13. The van der Waals surface area contributed by atoms with Gasteiger partial charge in [0.2, 0.25) is 0 Å². The molecule has 0 radical (unpaired) electrons. The summed E-state index contributed by atoms with van der Waals surface area (Å²) < 4.78 is 12.3. The summed E-state index contributed by atoms with van der Waals surface area (Å²) >= 11 is 2.19. The molecule has 1 aliphatic heterocycles. The van der Waals surface area contributed by atoms with Crippen LogP contribution in [-0.4, -0.2) is 36.3 Å². The second kappa shape index (κ2) is 7.50. The topological polar surface area (TPSA) is 68.2 Å². The van der Waals surface area contributed by atoms with Gasteiger partial charge in [-0.1, -0.05) is 19.1 Å². The second-order valence-corrected chi connectivity index (χ2v) is 8.77. The van der Waals surface area contributed by atoms with Crippen molar-refractivity contribution in [3.8, 4) is 11.5 Å². The van der Waals surface area contributed by atoms with Crippen molar-refractivity contribution in [3.63, 3.8) is 0 Å². The Kier molecular flexibility index (Phi) is 5.20. The molecule has 0 unspecified atom stereocenters. The standard InChI is InChI=1S/C21H23IN2O4/c1-4-11(2)28-19-15(22)7-12(8-16(19)27-3)10-23-24-20(25)17-13-5-6-14(9-13)18(17)21(24)26/h5-8,10-11,13-14,17-18H,4,9H2,1-3H3/t11-,13+,14+,17-,18+/m1/s1. The lowest BCUT2D eigenvalue weighted by Gasteiger charge is -2.17. The third-order valence-electron chi connectivity index (χ3n) is 5.92. The number of rotatable bonds is 6. The number of benzene rings is 1. The van der Waals surface area contributed by atoms with E-state index in [1.54, 1.807) is 19.4 Å². The largest absolute Gasteiger partial charge is 0.493 e. The minimum absolute atomic E-state index is 0.0742. The lowest BCUT2D eigenvalue weighted by Crippen LogP contribution is -2.28. The second-order valence-electron chi connectivity index (χ2n) is 7.60. The Morgan fingerprint density at radius 1 is 1.25 bits per heavy atom. The Hall–Kier alpha value is -1.90. The highest BCUT2D eigenvalue weighted by Gasteiger charge is 2.59. The molecule has 5 atom stereocenters. The van der Waals surface area contributed by atoms with Crippen molar-refractivity contribution in [2.75, 3.05) is 7.11 Å². The predicted octanol–water partition coefficient (Wildman–Crippen LogP) is 3.62. The molecule has 2 amide bonds. The first kappa shape index (κ1) is 19.4. The van der Waals surface area contributed by atoms with Gasteiger partial charge in [-0.2, -0.15) is 10.1 Å². The molecule has 3 aliphatic rings. The number of halogens is 1. The fourth-order valence-corrected chi connectivity index (χ4v) is 5.09. The average molecular weight is 494 g/mol. The monoisotopic (exact) mass is 494 g/mol. The van der Waals surface area contributed by atoms with E-state index in [0.29, 0.717) is 11.5 Å². The van der Waals surface area contributed by atoms with E-state index in [-0.39, 0.29) is 41.6 Å². The van der Waals surface area contributed by atoms with Crippen LogP contribution < -0.4 is 9.47 Å². The van der Waals surface area contributed by atoms with Gasteiger partial charge < -0.3 is 9.47 Å². The van der Waals surface area contributed by atoms with E-state index >= 15 is 0 Å². The highest BCUT2D eigenvalue weighted by Crippen LogP contribution is 2.52. The Morgan fingerprint density at radius 3 is 2.46 bits per heavy atom. The zero-order valence-corrected chi connectivity index (χ0v) is 18.3. The summed E-state index contributed by atoms with van der Waals surface area (Å²) in [5, 5.41) is 5.30. The van der Waals surface area contributed by atoms with Gasteiger partial charge in [0, 0.05) is 0 Å². The van der Waals surface area contributed by atoms with Crippen molar-refractivity contribution in [3.05, 3.63) is 33.4 Å². The van der Waals surface area contributed by atoms with Gasteiger partial charge in [0.15, 0.2) is 11.5 Å². The Bertz CT molecular complexity index is 851. The number of amides is 2.